The molecule has 0 aromatic carbocycles. The zero-order chi connectivity index (χ0) is 54.7. The number of hydrogen-bond donors (Lipinski definition) is 3. The highest BCUT2D eigenvalue weighted by Gasteiger charge is 2.50. The summed E-state index contributed by atoms with van der Waals surface area (Å²) in [5, 5.41) is 31.5. The molecule has 0 aromatic rings. The van der Waals surface area contributed by atoms with Crippen LogP contribution in [0.3, 0.4) is 0 Å². The second-order valence-electron chi connectivity index (χ2n) is 21.3. The van der Waals surface area contributed by atoms with Gasteiger partial charge in [-0.1, -0.05) is 231 Å². The van der Waals surface area contributed by atoms with Crippen LogP contribution >= 0.6 is 0 Å². The Labute approximate surface area is 457 Å². The smallest absolute Gasteiger partial charge is 0.335 e. The average molecular weight is 1060 g/mol. The first kappa shape index (κ1) is 70.0. The van der Waals surface area contributed by atoms with E-state index in [-0.39, 0.29) is 25.9 Å². The summed E-state index contributed by atoms with van der Waals surface area (Å²) >= 11 is 0. The van der Waals surface area contributed by atoms with E-state index < -0.39 is 67.3 Å². The molecule has 75 heavy (non-hydrogen) atoms. The van der Waals surface area contributed by atoms with Crippen molar-refractivity contribution in [2.45, 2.75) is 327 Å². The number of ether oxygens (including phenoxy) is 5. The molecule has 0 aromatic heterocycles. The Morgan fingerprint density at radius 3 is 1.25 bits per heavy atom. The number of carbonyl (C=O) groups excluding carboxylic acids is 3. The summed E-state index contributed by atoms with van der Waals surface area (Å²) in [6.45, 7) is 5.97. The monoisotopic (exact) mass is 1060 g/mol. The Morgan fingerprint density at radius 2 is 0.800 bits per heavy atom. The van der Waals surface area contributed by atoms with E-state index in [4.69, 9.17) is 23.7 Å². The van der Waals surface area contributed by atoms with Crippen molar-refractivity contribution in [1.29, 1.82) is 0 Å². The maximum Gasteiger partial charge on any atom is 0.335 e. The molecule has 436 valence electrons. The van der Waals surface area contributed by atoms with Crippen LogP contribution in [0.2, 0.25) is 0 Å². The second-order valence-corrected chi connectivity index (χ2v) is 21.3. The van der Waals surface area contributed by atoms with Crippen molar-refractivity contribution in [1.82, 2.24) is 0 Å². The molecule has 1 heterocycles. The molecule has 1 saturated heterocycles. The summed E-state index contributed by atoms with van der Waals surface area (Å²) < 4.78 is 28.5. The summed E-state index contributed by atoms with van der Waals surface area (Å²) in [5.74, 6) is -3.11. The molecule has 3 N–H and O–H groups in total. The van der Waals surface area contributed by atoms with Gasteiger partial charge in [0.1, 0.15) is 18.8 Å². The first-order valence-electron chi connectivity index (χ1n) is 31.0. The van der Waals surface area contributed by atoms with Crippen LogP contribution in [0.25, 0.3) is 0 Å². The molecule has 0 spiro atoms. The minimum Gasteiger partial charge on any atom is -0.479 e. The van der Waals surface area contributed by atoms with E-state index in [9.17, 15) is 34.5 Å². The van der Waals surface area contributed by atoms with Gasteiger partial charge in [-0.05, 0) is 77.0 Å². The Bertz CT molecular complexity index is 1450. The summed E-state index contributed by atoms with van der Waals surface area (Å²) in [4.78, 5) is 51.2. The molecule has 0 aliphatic carbocycles. The standard InChI is InChI=1S/C63H112O12/c1-4-7-10-13-16-19-22-25-27-28-30-32-34-37-40-43-46-49-55(64)71-52-54(73-56(65)50-47-44-41-38-36-33-29-26-23-20-17-14-11-8-5-2)53-72-63-61(59(68)58(67)60(75-63)62(69)70)74-57(66)51-48-45-42-39-35-31-24-21-18-15-12-9-6-3/h16,19,21,24-25,27,54,58-61,63,67-68H,4-15,17-18,20,22-23,26,28-53H2,1-3H3,(H,69,70)/b19-16-,24-21-,27-25-. The fraction of sp³-hybridized carbons (Fsp3) is 0.841. The van der Waals surface area contributed by atoms with Crippen LogP contribution in [0.1, 0.15) is 290 Å². The number of aliphatic hydroxyl groups is 2. The molecular formula is C63H112O12. The van der Waals surface area contributed by atoms with Gasteiger partial charge in [-0.15, -0.1) is 0 Å². The number of carboxylic acid groups (broad SMARTS) is 1. The number of unbranched alkanes of at least 4 members (excludes halogenated alkanes) is 33. The highest BCUT2D eigenvalue weighted by molar-refractivity contribution is 5.74. The predicted molar refractivity (Wildman–Crippen MR) is 303 cm³/mol. The fourth-order valence-electron chi connectivity index (χ4n) is 9.39. The normalized spacial score (nSPS) is 18.3. The summed E-state index contributed by atoms with van der Waals surface area (Å²) in [6.07, 6.45) is 48.2. The highest BCUT2D eigenvalue weighted by Crippen LogP contribution is 2.27. The van der Waals surface area contributed by atoms with Gasteiger partial charge in [-0.25, -0.2) is 4.79 Å². The quantitative estimate of drug-likeness (QED) is 0.0228. The zero-order valence-electron chi connectivity index (χ0n) is 48.1. The third kappa shape index (κ3) is 41.7. The van der Waals surface area contributed by atoms with E-state index in [0.29, 0.717) is 19.3 Å². The lowest BCUT2D eigenvalue weighted by Gasteiger charge is -2.40. The third-order valence-electron chi connectivity index (χ3n) is 14.2. The van der Waals surface area contributed by atoms with E-state index in [1.165, 1.54) is 135 Å². The number of allylic oxidation sites excluding steroid dienone is 6. The zero-order valence-corrected chi connectivity index (χ0v) is 48.1. The summed E-state index contributed by atoms with van der Waals surface area (Å²) in [5.41, 5.74) is 0. The molecule has 1 rings (SSSR count). The summed E-state index contributed by atoms with van der Waals surface area (Å²) in [6, 6.07) is 0. The highest BCUT2D eigenvalue weighted by atomic mass is 16.7. The number of rotatable bonds is 53. The van der Waals surface area contributed by atoms with Gasteiger partial charge in [0.15, 0.2) is 24.6 Å². The molecule has 1 aliphatic heterocycles. The molecule has 1 fully saturated rings. The van der Waals surface area contributed by atoms with Gasteiger partial charge >= 0.3 is 23.9 Å². The molecule has 0 saturated carbocycles. The Kier molecular flexibility index (Phi) is 48.2. The molecule has 12 heteroatoms. The minimum atomic E-state index is -1.90. The molecule has 12 nitrogen and oxygen atoms in total. The number of esters is 3. The van der Waals surface area contributed by atoms with Gasteiger partial charge in [0.25, 0.3) is 0 Å². The topological polar surface area (TPSA) is 175 Å². The van der Waals surface area contributed by atoms with Gasteiger partial charge in [0.05, 0.1) is 6.61 Å². The largest absolute Gasteiger partial charge is 0.479 e. The molecule has 0 amide bonds. The van der Waals surface area contributed by atoms with E-state index in [0.717, 1.165) is 96.3 Å². The van der Waals surface area contributed by atoms with E-state index in [2.05, 4.69) is 57.2 Å². The van der Waals surface area contributed by atoms with E-state index in [1.807, 2.05) is 0 Å². The van der Waals surface area contributed by atoms with Crippen molar-refractivity contribution in [2.24, 2.45) is 0 Å². The Morgan fingerprint density at radius 1 is 0.440 bits per heavy atom. The van der Waals surface area contributed by atoms with Crippen LogP contribution < -0.4 is 0 Å². The van der Waals surface area contributed by atoms with Crippen molar-refractivity contribution >= 4 is 23.9 Å². The predicted octanol–water partition coefficient (Wildman–Crippen LogP) is 16.0. The molecule has 0 radical (unpaired) electrons. The van der Waals surface area contributed by atoms with Gasteiger partial charge in [-0.3, -0.25) is 14.4 Å². The van der Waals surface area contributed by atoms with Crippen molar-refractivity contribution in [2.75, 3.05) is 13.2 Å². The van der Waals surface area contributed by atoms with Crippen molar-refractivity contribution in [3.8, 4) is 0 Å². The van der Waals surface area contributed by atoms with Gasteiger partial charge < -0.3 is 39.0 Å². The first-order valence-corrected chi connectivity index (χ1v) is 31.0. The maximum atomic E-state index is 13.2. The lowest BCUT2D eigenvalue weighted by molar-refractivity contribution is -0.301. The van der Waals surface area contributed by atoms with Crippen LogP contribution in [0.5, 0.6) is 0 Å². The number of carboxylic acids is 1. The number of aliphatic hydroxyl groups excluding tert-OH is 2. The Balaban J connectivity index is 2.67. The number of carbonyl (C=O) groups is 4. The van der Waals surface area contributed by atoms with Crippen molar-refractivity contribution < 1.29 is 58.2 Å². The lowest BCUT2D eigenvalue weighted by atomic mass is 9.98. The third-order valence-corrected chi connectivity index (χ3v) is 14.2. The SMILES string of the molecule is CCCCC/C=C\C/C=C\CCCCCCCCCC(=O)OCC(COC1OC(C(=O)O)C(O)C(O)C1OC(=O)CCCCCCC/C=C\CCCCCC)OC(=O)CCCCCCCCCCCCCCCCC. The molecule has 0 bridgehead atoms. The van der Waals surface area contributed by atoms with E-state index >= 15 is 0 Å². The van der Waals surface area contributed by atoms with Crippen LogP contribution in [-0.4, -0.2) is 89.2 Å². The first-order chi connectivity index (χ1) is 36.6. The van der Waals surface area contributed by atoms with Gasteiger partial charge in [0.2, 0.25) is 0 Å². The maximum absolute atomic E-state index is 13.2. The molecular weight excluding hydrogens is 949 g/mol. The molecule has 6 unspecified atom stereocenters. The minimum absolute atomic E-state index is 0.0527. The number of hydrogen-bond acceptors (Lipinski definition) is 11. The molecule has 6 atom stereocenters. The van der Waals surface area contributed by atoms with E-state index in [1.54, 1.807) is 0 Å². The average Bonchev–Trinajstić information content (AvgIpc) is 3.39. The fourth-order valence-corrected chi connectivity index (χ4v) is 9.39. The second kappa shape index (κ2) is 51.7. The van der Waals surface area contributed by atoms with Crippen LogP contribution in [0, 0.1) is 0 Å². The molecule has 1 aliphatic rings. The van der Waals surface area contributed by atoms with Crippen molar-refractivity contribution in [3.63, 3.8) is 0 Å². The van der Waals surface area contributed by atoms with Gasteiger partial charge in [-0.2, -0.15) is 0 Å². The van der Waals surface area contributed by atoms with Gasteiger partial charge in [0, 0.05) is 19.3 Å². The summed E-state index contributed by atoms with van der Waals surface area (Å²) in [7, 11) is 0. The Hall–Kier alpha value is -3.06. The van der Waals surface area contributed by atoms with Crippen LogP contribution in [0.15, 0.2) is 36.5 Å². The van der Waals surface area contributed by atoms with Crippen molar-refractivity contribution in [3.05, 3.63) is 36.5 Å². The van der Waals surface area contributed by atoms with Crippen LogP contribution in [0.4, 0.5) is 0 Å². The number of aliphatic carboxylic acids is 1. The van der Waals surface area contributed by atoms with Crippen LogP contribution in [-0.2, 0) is 42.9 Å². The lowest BCUT2D eigenvalue weighted by Crippen LogP contribution is -2.61.